The number of H-pyrrole nitrogens is 1. The van der Waals surface area contributed by atoms with Crippen LogP contribution >= 0.6 is 0 Å². The number of pyridine rings is 1. The monoisotopic (exact) mass is 252 g/mol. The first-order valence-electron chi connectivity index (χ1n) is 5.82. The molecule has 1 aromatic carbocycles. The van der Waals surface area contributed by atoms with Crippen LogP contribution in [-0.2, 0) is 0 Å². The Bertz CT molecular complexity index is 731. The summed E-state index contributed by atoms with van der Waals surface area (Å²) in [7, 11) is 0. The molecule has 19 heavy (non-hydrogen) atoms. The van der Waals surface area contributed by atoms with Crippen LogP contribution in [0.1, 0.15) is 10.4 Å². The van der Waals surface area contributed by atoms with Gasteiger partial charge in [-0.05, 0) is 36.4 Å². The average Bonchev–Trinajstić information content (AvgIpc) is 2.88. The SMILES string of the molecule is Nc1ccc(NC(=O)c2ccc3[nH]ccc3c2)cn1. The Balaban J connectivity index is 1.84. The van der Waals surface area contributed by atoms with Gasteiger partial charge in [-0.1, -0.05) is 0 Å². The van der Waals surface area contributed by atoms with Gasteiger partial charge in [0.25, 0.3) is 5.91 Å². The molecule has 0 saturated heterocycles. The number of fused-ring (bicyclic) bond motifs is 1. The highest BCUT2D eigenvalue weighted by atomic mass is 16.1. The zero-order chi connectivity index (χ0) is 13.2. The number of nitrogen functional groups attached to an aromatic ring is 1. The van der Waals surface area contributed by atoms with E-state index in [4.69, 9.17) is 5.73 Å². The normalized spacial score (nSPS) is 10.5. The summed E-state index contributed by atoms with van der Waals surface area (Å²) in [4.78, 5) is 19.1. The van der Waals surface area contributed by atoms with Gasteiger partial charge < -0.3 is 16.0 Å². The number of nitrogens with zero attached hydrogens (tertiary/aromatic N) is 1. The fourth-order valence-corrected chi connectivity index (χ4v) is 1.88. The smallest absolute Gasteiger partial charge is 0.255 e. The van der Waals surface area contributed by atoms with E-state index in [1.54, 1.807) is 18.2 Å². The number of amides is 1. The predicted molar refractivity (Wildman–Crippen MR) is 74.9 cm³/mol. The summed E-state index contributed by atoms with van der Waals surface area (Å²) >= 11 is 0. The molecule has 94 valence electrons. The van der Waals surface area contributed by atoms with Gasteiger partial charge in [0, 0.05) is 22.7 Å². The van der Waals surface area contributed by atoms with E-state index < -0.39 is 0 Å². The summed E-state index contributed by atoms with van der Waals surface area (Å²) in [5.41, 5.74) is 7.72. The van der Waals surface area contributed by atoms with Gasteiger partial charge in [-0.2, -0.15) is 0 Å². The molecule has 0 aliphatic heterocycles. The minimum absolute atomic E-state index is 0.172. The van der Waals surface area contributed by atoms with Crippen LogP contribution in [-0.4, -0.2) is 15.9 Å². The lowest BCUT2D eigenvalue weighted by Gasteiger charge is -2.05. The van der Waals surface area contributed by atoms with Gasteiger partial charge >= 0.3 is 0 Å². The van der Waals surface area contributed by atoms with E-state index in [0.29, 0.717) is 17.1 Å². The highest BCUT2D eigenvalue weighted by Gasteiger charge is 2.07. The lowest BCUT2D eigenvalue weighted by atomic mass is 10.1. The van der Waals surface area contributed by atoms with Crippen molar-refractivity contribution in [2.24, 2.45) is 0 Å². The quantitative estimate of drug-likeness (QED) is 0.654. The molecule has 0 unspecified atom stereocenters. The summed E-state index contributed by atoms with van der Waals surface area (Å²) in [6, 6.07) is 10.8. The van der Waals surface area contributed by atoms with Gasteiger partial charge in [0.1, 0.15) is 5.82 Å². The Morgan fingerprint density at radius 2 is 2.11 bits per heavy atom. The van der Waals surface area contributed by atoms with Crippen molar-refractivity contribution in [1.82, 2.24) is 9.97 Å². The Hall–Kier alpha value is -2.82. The highest BCUT2D eigenvalue weighted by Crippen LogP contribution is 2.16. The zero-order valence-electron chi connectivity index (χ0n) is 10.1. The maximum absolute atomic E-state index is 12.1. The minimum atomic E-state index is -0.172. The average molecular weight is 252 g/mol. The molecule has 0 atom stereocenters. The van der Waals surface area contributed by atoms with Crippen molar-refractivity contribution >= 4 is 28.3 Å². The van der Waals surface area contributed by atoms with E-state index in [0.717, 1.165) is 10.9 Å². The van der Waals surface area contributed by atoms with Crippen LogP contribution in [0.15, 0.2) is 48.8 Å². The van der Waals surface area contributed by atoms with Crippen LogP contribution < -0.4 is 11.1 Å². The van der Waals surface area contributed by atoms with E-state index in [-0.39, 0.29) is 5.91 Å². The van der Waals surface area contributed by atoms with Gasteiger partial charge in [0.2, 0.25) is 0 Å². The van der Waals surface area contributed by atoms with Crippen LogP contribution in [0.5, 0.6) is 0 Å². The first kappa shape index (κ1) is 11.3. The minimum Gasteiger partial charge on any atom is -0.384 e. The van der Waals surface area contributed by atoms with Crippen molar-refractivity contribution in [3.05, 3.63) is 54.4 Å². The first-order valence-corrected chi connectivity index (χ1v) is 5.82. The van der Waals surface area contributed by atoms with Gasteiger partial charge in [-0.25, -0.2) is 4.98 Å². The van der Waals surface area contributed by atoms with Crippen molar-refractivity contribution in [1.29, 1.82) is 0 Å². The van der Waals surface area contributed by atoms with Gasteiger partial charge in [0.15, 0.2) is 0 Å². The molecule has 3 rings (SSSR count). The zero-order valence-corrected chi connectivity index (χ0v) is 10.1. The number of carbonyl (C=O) groups excluding carboxylic acids is 1. The van der Waals surface area contributed by atoms with Crippen molar-refractivity contribution < 1.29 is 4.79 Å². The lowest BCUT2D eigenvalue weighted by molar-refractivity contribution is 0.102. The molecule has 2 aromatic heterocycles. The standard InChI is InChI=1S/C14H12N4O/c15-13-4-2-11(8-17-13)18-14(19)10-1-3-12-9(7-10)5-6-16-12/h1-8,16H,(H2,15,17)(H,18,19). The van der Waals surface area contributed by atoms with E-state index >= 15 is 0 Å². The molecule has 0 fully saturated rings. The molecule has 5 heteroatoms. The predicted octanol–water partition coefficient (Wildman–Crippen LogP) is 2.40. The number of benzene rings is 1. The van der Waals surface area contributed by atoms with Crippen LogP contribution in [0.4, 0.5) is 11.5 Å². The fourth-order valence-electron chi connectivity index (χ4n) is 1.88. The van der Waals surface area contributed by atoms with Crippen LogP contribution in [0, 0.1) is 0 Å². The fraction of sp³-hybridized carbons (Fsp3) is 0. The molecule has 0 radical (unpaired) electrons. The molecular formula is C14H12N4O. The van der Waals surface area contributed by atoms with E-state index in [1.165, 1.54) is 6.20 Å². The molecule has 0 saturated carbocycles. The third-order valence-electron chi connectivity index (χ3n) is 2.86. The number of carbonyl (C=O) groups is 1. The second-order valence-electron chi connectivity index (χ2n) is 4.21. The molecular weight excluding hydrogens is 240 g/mol. The molecule has 4 N–H and O–H groups in total. The largest absolute Gasteiger partial charge is 0.384 e. The Kier molecular flexibility index (Phi) is 2.64. The molecule has 0 bridgehead atoms. The Morgan fingerprint density at radius 3 is 2.89 bits per heavy atom. The van der Waals surface area contributed by atoms with E-state index in [9.17, 15) is 4.79 Å². The topological polar surface area (TPSA) is 83.8 Å². The molecule has 0 aliphatic carbocycles. The summed E-state index contributed by atoms with van der Waals surface area (Å²) in [6.07, 6.45) is 3.37. The van der Waals surface area contributed by atoms with E-state index in [1.807, 2.05) is 24.4 Å². The third kappa shape index (κ3) is 2.26. The molecule has 2 heterocycles. The molecule has 5 nitrogen and oxygen atoms in total. The van der Waals surface area contributed by atoms with Crippen molar-refractivity contribution in [3.63, 3.8) is 0 Å². The molecule has 0 spiro atoms. The van der Waals surface area contributed by atoms with Crippen molar-refractivity contribution in [2.75, 3.05) is 11.1 Å². The number of hydrogen-bond acceptors (Lipinski definition) is 3. The Labute approximate surface area is 109 Å². The van der Waals surface area contributed by atoms with Crippen LogP contribution in [0.3, 0.4) is 0 Å². The second-order valence-corrected chi connectivity index (χ2v) is 4.21. The molecule has 3 aromatic rings. The molecule has 0 aliphatic rings. The van der Waals surface area contributed by atoms with Crippen molar-refractivity contribution in [2.45, 2.75) is 0 Å². The number of hydrogen-bond donors (Lipinski definition) is 3. The maximum atomic E-state index is 12.1. The lowest BCUT2D eigenvalue weighted by Crippen LogP contribution is -2.12. The van der Waals surface area contributed by atoms with E-state index in [2.05, 4.69) is 15.3 Å². The Morgan fingerprint density at radius 1 is 1.21 bits per heavy atom. The number of aromatic amines is 1. The van der Waals surface area contributed by atoms with Crippen LogP contribution in [0.2, 0.25) is 0 Å². The first-order chi connectivity index (χ1) is 9.22. The van der Waals surface area contributed by atoms with Crippen molar-refractivity contribution in [3.8, 4) is 0 Å². The summed E-state index contributed by atoms with van der Waals surface area (Å²) in [6.45, 7) is 0. The van der Waals surface area contributed by atoms with Gasteiger partial charge in [0.05, 0.1) is 11.9 Å². The second kappa shape index (κ2) is 4.45. The number of nitrogens with two attached hydrogens (primary N) is 1. The maximum Gasteiger partial charge on any atom is 0.255 e. The number of anilines is 2. The number of nitrogens with one attached hydrogen (secondary N) is 2. The number of rotatable bonds is 2. The number of aromatic nitrogens is 2. The summed E-state index contributed by atoms with van der Waals surface area (Å²) < 4.78 is 0. The summed E-state index contributed by atoms with van der Waals surface area (Å²) in [5, 5.41) is 3.78. The van der Waals surface area contributed by atoms with Gasteiger partial charge in [-0.3, -0.25) is 4.79 Å². The van der Waals surface area contributed by atoms with Gasteiger partial charge in [-0.15, -0.1) is 0 Å². The highest BCUT2D eigenvalue weighted by molar-refractivity contribution is 6.06. The molecule has 1 amide bonds. The van der Waals surface area contributed by atoms with Crippen LogP contribution in [0.25, 0.3) is 10.9 Å². The third-order valence-corrected chi connectivity index (χ3v) is 2.86. The summed E-state index contributed by atoms with van der Waals surface area (Å²) in [5.74, 6) is 0.251.